The standard InChI is InChI=1S/C12H13FO4/c1-3-17-12(15)11(14)8-4-5-10(16-2)9(6-8)7-13/h4-6H,3,7H2,1-2H3. The van der Waals surface area contributed by atoms with Gasteiger partial charge in [0.1, 0.15) is 12.4 Å². The summed E-state index contributed by atoms with van der Waals surface area (Å²) < 4.78 is 22.1. The molecule has 0 fully saturated rings. The molecule has 0 saturated carbocycles. The lowest BCUT2D eigenvalue weighted by atomic mass is 10.1. The van der Waals surface area contributed by atoms with Crippen molar-refractivity contribution in [2.75, 3.05) is 13.7 Å². The summed E-state index contributed by atoms with van der Waals surface area (Å²) in [4.78, 5) is 22.8. The summed E-state index contributed by atoms with van der Waals surface area (Å²) in [6, 6.07) is 4.14. The third kappa shape index (κ3) is 3.03. The van der Waals surface area contributed by atoms with Crippen LogP contribution in [0.5, 0.6) is 5.75 Å². The number of alkyl halides is 1. The maximum atomic E-state index is 12.7. The van der Waals surface area contributed by atoms with E-state index in [0.717, 1.165) is 0 Å². The van der Waals surface area contributed by atoms with Gasteiger partial charge in [0.2, 0.25) is 0 Å². The van der Waals surface area contributed by atoms with Crippen LogP contribution in [-0.4, -0.2) is 25.5 Å². The Balaban J connectivity index is 2.99. The minimum Gasteiger partial charge on any atom is -0.496 e. The van der Waals surface area contributed by atoms with Crippen LogP contribution in [0.4, 0.5) is 4.39 Å². The first-order valence-corrected chi connectivity index (χ1v) is 5.08. The molecule has 0 aliphatic carbocycles. The predicted octanol–water partition coefficient (Wildman–Crippen LogP) is 1.91. The van der Waals surface area contributed by atoms with Gasteiger partial charge in [-0.25, -0.2) is 9.18 Å². The van der Waals surface area contributed by atoms with Crippen LogP contribution in [0.3, 0.4) is 0 Å². The molecular formula is C12H13FO4. The van der Waals surface area contributed by atoms with E-state index in [1.807, 2.05) is 0 Å². The van der Waals surface area contributed by atoms with Gasteiger partial charge in [-0.15, -0.1) is 0 Å². The molecule has 17 heavy (non-hydrogen) atoms. The van der Waals surface area contributed by atoms with Gasteiger partial charge in [-0.05, 0) is 25.1 Å². The molecule has 0 heterocycles. The molecule has 1 rings (SSSR count). The van der Waals surface area contributed by atoms with Crippen LogP contribution in [0.25, 0.3) is 0 Å². The molecule has 0 atom stereocenters. The van der Waals surface area contributed by atoms with E-state index in [-0.39, 0.29) is 17.7 Å². The number of Topliss-reactive ketones (excluding diaryl/α,β-unsaturated/α-hetero) is 1. The Hall–Kier alpha value is -1.91. The molecule has 5 heteroatoms. The van der Waals surface area contributed by atoms with Gasteiger partial charge in [0, 0.05) is 11.1 Å². The van der Waals surface area contributed by atoms with Gasteiger partial charge in [-0.2, -0.15) is 0 Å². The third-order valence-corrected chi connectivity index (χ3v) is 2.15. The number of carbonyl (C=O) groups excluding carboxylic acids is 2. The summed E-state index contributed by atoms with van der Waals surface area (Å²) in [5.41, 5.74) is 0.319. The normalized spacial score (nSPS) is 9.82. The number of esters is 1. The summed E-state index contributed by atoms with van der Waals surface area (Å²) in [5.74, 6) is -1.39. The molecule has 0 aromatic heterocycles. The van der Waals surface area contributed by atoms with E-state index in [2.05, 4.69) is 4.74 Å². The summed E-state index contributed by atoms with van der Waals surface area (Å²) in [7, 11) is 1.40. The van der Waals surface area contributed by atoms with Gasteiger partial charge in [0.05, 0.1) is 13.7 Å². The Morgan fingerprint density at radius 1 is 1.35 bits per heavy atom. The molecule has 0 aliphatic rings. The van der Waals surface area contributed by atoms with Gasteiger partial charge in [0.25, 0.3) is 5.78 Å². The van der Waals surface area contributed by atoms with E-state index in [1.54, 1.807) is 6.92 Å². The molecule has 1 aromatic carbocycles. The van der Waals surface area contributed by atoms with Crippen molar-refractivity contribution in [3.05, 3.63) is 29.3 Å². The first-order valence-electron chi connectivity index (χ1n) is 5.08. The lowest BCUT2D eigenvalue weighted by Gasteiger charge is -2.07. The Labute approximate surface area is 98.3 Å². The van der Waals surface area contributed by atoms with Crippen molar-refractivity contribution in [3.63, 3.8) is 0 Å². The van der Waals surface area contributed by atoms with Crippen molar-refractivity contribution >= 4 is 11.8 Å². The highest BCUT2D eigenvalue weighted by Crippen LogP contribution is 2.21. The maximum Gasteiger partial charge on any atom is 0.379 e. The summed E-state index contributed by atoms with van der Waals surface area (Å²) >= 11 is 0. The van der Waals surface area contributed by atoms with Crippen LogP contribution < -0.4 is 4.74 Å². The predicted molar refractivity (Wildman–Crippen MR) is 58.8 cm³/mol. The van der Waals surface area contributed by atoms with Gasteiger partial charge in [-0.3, -0.25) is 4.79 Å². The van der Waals surface area contributed by atoms with Crippen molar-refractivity contribution < 1.29 is 23.5 Å². The van der Waals surface area contributed by atoms with Crippen molar-refractivity contribution in [2.45, 2.75) is 13.6 Å². The lowest BCUT2D eigenvalue weighted by Crippen LogP contribution is -2.17. The Bertz CT molecular complexity index is 429. The molecule has 0 spiro atoms. The van der Waals surface area contributed by atoms with E-state index >= 15 is 0 Å². The Morgan fingerprint density at radius 2 is 2.06 bits per heavy atom. The fourth-order valence-corrected chi connectivity index (χ4v) is 1.34. The molecule has 0 unspecified atom stereocenters. The number of rotatable bonds is 5. The van der Waals surface area contributed by atoms with Crippen molar-refractivity contribution in [2.24, 2.45) is 0 Å². The highest BCUT2D eigenvalue weighted by Gasteiger charge is 2.18. The molecule has 0 radical (unpaired) electrons. The highest BCUT2D eigenvalue weighted by atomic mass is 19.1. The van der Waals surface area contributed by atoms with E-state index < -0.39 is 18.4 Å². The van der Waals surface area contributed by atoms with Gasteiger partial charge >= 0.3 is 5.97 Å². The zero-order valence-corrected chi connectivity index (χ0v) is 9.66. The number of hydrogen-bond acceptors (Lipinski definition) is 4. The summed E-state index contributed by atoms with van der Waals surface area (Å²) in [6.07, 6.45) is 0. The number of hydrogen-bond donors (Lipinski definition) is 0. The minimum atomic E-state index is -0.942. The smallest absolute Gasteiger partial charge is 0.379 e. The first-order chi connectivity index (χ1) is 8.13. The fourth-order valence-electron chi connectivity index (χ4n) is 1.34. The monoisotopic (exact) mass is 240 g/mol. The van der Waals surface area contributed by atoms with Crippen LogP contribution in [0, 0.1) is 0 Å². The quantitative estimate of drug-likeness (QED) is 0.448. The SMILES string of the molecule is CCOC(=O)C(=O)c1ccc(OC)c(CF)c1. The molecule has 0 saturated heterocycles. The first kappa shape index (κ1) is 13.2. The second-order valence-corrected chi connectivity index (χ2v) is 3.21. The fraction of sp³-hybridized carbons (Fsp3) is 0.333. The van der Waals surface area contributed by atoms with E-state index in [1.165, 1.54) is 25.3 Å². The van der Waals surface area contributed by atoms with Crippen LogP contribution in [0.1, 0.15) is 22.8 Å². The number of benzene rings is 1. The lowest BCUT2D eigenvalue weighted by molar-refractivity contribution is -0.137. The molecule has 92 valence electrons. The minimum absolute atomic E-state index is 0.0944. The maximum absolute atomic E-state index is 12.7. The van der Waals surface area contributed by atoms with Gasteiger partial charge in [0.15, 0.2) is 0 Å². The second-order valence-electron chi connectivity index (χ2n) is 3.21. The van der Waals surface area contributed by atoms with Crippen molar-refractivity contribution in [1.29, 1.82) is 0 Å². The van der Waals surface area contributed by atoms with Crippen molar-refractivity contribution in [1.82, 2.24) is 0 Å². The van der Waals surface area contributed by atoms with Crippen LogP contribution in [0.15, 0.2) is 18.2 Å². The summed E-state index contributed by atoms with van der Waals surface area (Å²) in [5, 5.41) is 0. The average molecular weight is 240 g/mol. The largest absolute Gasteiger partial charge is 0.496 e. The second kappa shape index (κ2) is 5.98. The molecule has 4 nitrogen and oxygen atoms in total. The molecule has 0 aliphatic heterocycles. The molecule has 0 amide bonds. The number of carbonyl (C=O) groups is 2. The zero-order valence-electron chi connectivity index (χ0n) is 9.66. The molecule has 0 N–H and O–H groups in total. The summed E-state index contributed by atoms with van der Waals surface area (Å²) in [6.45, 7) is 0.954. The topological polar surface area (TPSA) is 52.6 Å². The van der Waals surface area contributed by atoms with Crippen molar-refractivity contribution in [3.8, 4) is 5.75 Å². The molecule has 0 bridgehead atoms. The molecule has 1 aromatic rings. The van der Waals surface area contributed by atoms with E-state index in [0.29, 0.717) is 5.75 Å². The average Bonchev–Trinajstić information content (AvgIpc) is 2.37. The Morgan fingerprint density at radius 3 is 2.59 bits per heavy atom. The van der Waals surface area contributed by atoms with Crippen LogP contribution in [0.2, 0.25) is 0 Å². The van der Waals surface area contributed by atoms with E-state index in [9.17, 15) is 14.0 Å². The van der Waals surface area contributed by atoms with Gasteiger partial charge in [-0.1, -0.05) is 0 Å². The van der Waals surface area contributed by atoms with E-state index in [4.69, 9.17) is 4.74 Å². The van der Waals surface area contributed by atoms with Crippen LogP contribution in [-0.2, 0) is 16.2 Å². The Kier molecular flexibility index (Phi) is 4.63. The number of ether oxygens (including phenoxy) is 2. The highest BCUT2D eigenvalue weighted by molar-refractivity contribution is 6.40. The number of ketones is 1. The molecular weight excluding hydrogens is 227 g/mol. The third-order valence-electron chi connectivity index (χ3n) is 2.15. The van der Waals surface area contributed by atoms with Crippen LogP contribution >= 0.6 is 0 Å². The number of halogens is 1. The zero-order chi connectivity index (χ0) is 12.8. The number of methoxy groups -OCH3 is 1. The van der Waals surface area contributed by atoms with Gasteiger partial charge < -0.3 is 9.47 Å².